The molecule has 3 amide bonds. The van der Waals surface area contributed by atoms with Crippen molar-refractivity contribution in [2.75, 3.05) is 39.1 Å². The summed E-state index contributed by atoms with van der Waals surface area (Å²) in [6.07, 6.45) is -5.87. The van der Waals surface area contributed by atoms with Gasteiger partial charge in [0.15, 0.2) is 0 Å². The molecule has 0 saturated carbocycles. The van der Waals surface area contributed by atoms with Crippen molar-refractivity contribution in [2.45, 2.75) is 37.7 Å². The summed E-state index contributed by atoms with van der Waals surface area (Å²) in [5, 5.41) is 7.12. The smallest absolute Gasteiger partial charge is 0.475 e. The van der Waals surface area contributed by atoms with Crippen molar-refractivity contribution in [1.29, 1.82) is 0 Å². The van der Waals surface area contributed by atoms with Gasteiger partial charge in [-0.05, 0) is 43.2 Å². The second-order valence-electron chi connectivity index (χ2n) is 9.53. The number of hydrogen-bond donors (Lipinski definition) is 2. The van der Waals surface area contributed by atoms with Gasteiger partial charge in [0.25, 0.3) is 5.91 Å². The van der Waals surface area contributed by atoms with Crippen LogP contribution in [0.1, 0.15) is 33.8 Å². The number of aliphatic carboxylic acids is 1. The third kappa shape index (κ3) is 8.25. The number of carbonyl (C=O) groups excluding carboxylic acids is 3. The highest BCUT2D eigenvalue weighted by Crippen LogP contribution is 2.27. The van der Waals surface area contributed by atoms with Gasteiger partial charge in [0.2, 0.25) is 11.8 Å². The van der Waals surface area contributed by atoms with E-state index in [4.69, 9.17) is 15.6 Å². The molecule has 3 atom stereocenters. The van der Waals surface area contributed by atoms with Crippen molar-refractivity contribution in [1.82, 2.24) is 9.80 Å². The molecule has 218 valence electrons. The van der Waals surface area contributed by atoms with Gasteiger partial charge in [-0.25, -0.2) is 9.18 Å². The van der Waals surface area contributed by atoms with E-state index in [1.165, 1.54) is 14.7 Å². The van der Waals surface area contributed by atoms with Crippen LogP contribution in [0, 0.1) is 6.92 Å². The van der Waals surface area contributed by atoms with Crippen molar-refractivity contribution in [2.24, 2.45) is 5.73 Å². The minimum absolute atomic E-state index is 0.000261. The largest absolute Gasteiger partial charge is 0.490 e. The quantitative estimate of drug-likeness (QED) is 0.517. The Morgan fingerprint density at radius 2 is 1.52 bits per heavy atom. The van der Waals surface area contributed by atoms with Gasteiger partial charge in [-0.15, -0.1) is 0 Å². The zero-order chi connectivity index (χ0) is 30.4. The predicted octanol–water partition coefficient (Wildman–Crippen LogP) is 2.97. The molecule has 9 nitrogen and oxygen atoms in total. The van der Waals surface area contributed by atoms with E-state index in [2.05, 4.69) is 0 Å². The van der Waals surface area contributed by atoms with Crippen LogP contribution in [0.3, 0.4) is 0 Å². The molecule has 1 aliphatic heterocycles. The summed E-state index contributed by atoms with van der Waals surface area (Å²) in [6, 6.07) is 13.0. The molecular weight excluding hydrogens is 536 g/mol. The number of rotatable bonds is 6. The number of nitrogens with zero attached hydrogens (tertiary/aromatic N) is 3. The Bertz CT molecular complexity index is 1200. The number of likely N-dealkylation sites (tertiary alicyclic amines) is 1. The highest BCUT2D eigenvalue weighted by atomic mass is 19.4. The molecule has 0 radical (unpaired) electrons. The molecule has 3 N–H and O–H groups in total. The van der Waals surface area contributed by atoms with Gasteiger partial charge in [0.05, 0.1) is 12.5 Å². The second-order valence-corrected chi connectivity index (χ2v) is 9.53. The van der Waals surface area contributed by atoms with E-state index in [0.717, 1.165) is 5.56 Å². The minimum Gasteiger partial charge on any atom is -0.475 e. The van der Waals surface area contributed by atoms with Crippen LogP contribution in [0.25, 0.3) is 0 Å². The highest BCUT2D eigenvalue weighted by molar-refractivity contribution is 6.05. The molecule has 1 fully saturated rings. The molecule has 0 spiro atoms. The molecule has 40 heavy (non-hydrogen) atoms. The molecule has 0 aromatic heterocycles. The van der Waals surface area contributed by atoms with E-state index in [-0.39, 0.29) is 24.8 Å². The first-order valence-electron chi connectivity index (χ1n) is 12.2. The van der Waals surface area contributed by atoms with Gasteiger partial charge in [0, 0.05) is 38.9 Å². The number of carboxylic acid groups (broad SMARTS) is 1. The van der Waals surface area contributed by atoms with Crippen LogP contribution in [0.15, 0.2) is 48.5 Å². The number of anilines is 1. The molecule has 0 aliphatic carbocycles. The first kappa shape index (κ1) is 32.2. The van der Waals surface area contributed by atoms with Crippen molar-refractivity contribution in [3.63, 3.8) is 0 Å². The number of alkyl halides is 4. The van der Waals surface area contributed by atoms with Crippen LogP contribution in [0.4, 0.5) is 23.2 Å². The third-order valence-electron chi connectivity index (χ3n) is 6.28. The van der Waals surface area contributed by atoms with Gasteiger partial charge in [-0.1, -0.05) is 29.8 Å². The Hall–Kier alpha value is -4.00. The van der Waals surface area contributed by atoms with Gasteiger partial charge < -0.3 is 25.5 Å². The predicted molar refractivity (Wildman–Crippen MR) is 140 cm³/mol. The molecule has 0 unspecified atom stereocenters. The highest BCUT2D eigenvalue weighted by Gasteiger charge is 2.39. The van der Waals surface area contributed by atoms with Gasteiger partial charge >= 0.3 is 12.1 Å². The number of nitrogens with two attached hydrogens (primary N) is 1. The first-order chi connectivity index (χ1) is 18.5. The number of amides is 3. The molecule has 2 aromatic rings. The summed E-state index contributed by atoms with van der Waals surface area (Å²) in [6.45, 7) is 2.25. The summed E-state index contributed by atoms with van der Waals surface area (Å²) in [5.74, 6) is -4.59. The summed E-state index contributed by atoms with van der Waals surface area (Å²) in [5.41, 5.74) is 9.10. The molecule has 3 rings (SSSR count). The fraction of sp³-hybridized carbons (Fsp3) is 0.407. The molecule has 1 aliphatic rings. The Labute approximate surface area is 229 Å². The van der Waals surface area contributed by atoms with Gasteiger partial charge in [-0.3, -0.25) is 14.4 Å². The van der Waals surface area contributed by atoms with E-state index in [1.54, 1.807) is 57.5 Å². The SMILES string of the molecule is Cc1ccc(C(=O)N(C)c2ccc([C@H](C(=O)N(C)C)[C@H](N)C(=O)N3CC[C@H](F)C3)cc2)cc1.O=C(O)C(F)(F)F. The summed E-state index contributed by atoms with van der Waals surface area (Å²) >= 11 is 0. The van der Waals surface area contributed by atoms with Crippen molar-refractivity contribution in [3.8, 4) is 0 Å². The average Bonchev–Trinajstić information content (AvgIpc) is 3.34. The second kappa shape index (κ2) is 13.4. The lowest BCUT2D eigenvalue weighted by molar-refractivity contribution is -0.192. The van der Waals surface area contributed by atoms with Crippen LogP contribution in [0.5, 0.6) is 0 Å². The zero-order valence-corrected chi connectivity index (χ0v) is 22.5. The maximum atomic E-state index is 13.6. The van der Waals surface area contributed by atoms with E-state index >= 15 is 0 Å². The van der Waals surface area contributed by atoms with Crippen LogP contribution in [-0.4, -0.2) is 91.2 Å². The number of aryl methyl sites for hydroxylation is 1. The normalized spacial score (nSPS) is 16.3. The number of likely N-dealkylation sites (N-methyl/N-ethyl adjacent to an activating group) is 1. The van der Waals surface area contributed by atoms with E-state index in [1.807, 2.05) is 19.1 Å². The molecule has 2 aromatic carbocycles. The number of carboxylic acids is 1. The number of hydrogen-bond acceptors (Lipinski definition) is 5. The first-order valence-corrected chi connectivity index (χ1v) is 12.2. The topological polar surface area (TPSA) is 124 Å². The zero-order valence-electron chi connectivity index (χ0n) is 22.5. The molecular formula is C27H32F4N4O5. The van der Waals surface area contributed by atoms with Crippen molar-refractivity contribution < 1.29 is 41.8 Å². The van der Waals surface area contributed by atoms with Crippen LogP contribution in [0.2, 0.25) is 0 Å². The lowest BCUT2D eigenvalue weighted by Crippen LogP contribution is -2.50. The Morgan fingerprint density at radius 1 is 1.00 bits per heavy atom. The monoisotopic (exact) mass is 568 g/mol. The molecule has 1 saturated heterocycles. The van der Waals surface area contributed by atoms with Gasteiger partial charge in [0.1, 0.15) is 12.2 Å². The lowest BCUT2D eigenvalue weighted by Gasteiger charge is -2.29. The standard InChI is InChI=1S/C25H31FN4O3.C2HF3O2/c1-16-5-7-18(8-6-16)23(31)29(4)20-11-9-17(10-12-20)21(24(32)28(2)3)22(27)25(33)30-14-13-19(26)15-30;3-2(4,5)1(6)7/h5-12,19,21-22H,13-15,27H2,1-4H3;(H,6,7)/t19-,21-,22-;/m0./s1. The minimum atomic E-state index is -5.08. The number of carbonyl (C=O) groups is 4. The number of benzene rings is 2. The van der Waals surface area contributed by atoms with Crippen LogP contribution in [-0.2, 0) is 14.4 Å². The maximum Gasteiger partial charge on any atom is 0.490 e. The Kier molecular flexibility index (Phi) is 10.8. The van der Waals surface area contributed by atoms with Crippen LogP contribution >= 0.6 is 0 Å². The Balaban J connectivity index is 0.000000708. The van der Waals surface area contributed by atoms with E-state index in [9.17, 15) is 31.9 Å². The fourth-order valence-electron chi connectivity index (χ4n) is 3.97. The molecule has 0 bridgehead atoms. The summed E-state index contributed by atoms with van der Waals surface area (Å²) in [7, 11) is 4.88. The maximum absolute atomic E-state index is 13.6. The van der Waals surface area contributed by atoms with Crippen molar-refractivity contribution in [3.05, 3.63) is 65.2 Å². The lowest BCUT2D eigenvalue weighted by atomic mass is 9.89. The summed E-state index contributed by atoms with van der Waals surface area (Å²) < 4.78 is 45.3. The average molecular weight is 569 g/mol. The van der Waals surface area contributed by atoms with E-state index < -0.39 is 36.2 Å². The third-order valence-corrected chi connectivity index (χ3v) is 6.28. The van der Waals surface area contributed by atoms with E-state index in [0.29, 0.717) is 23.4 Å². The number of halogens is 4. The van der Waals surface area contributed by atoms with Crippen molar-refractivity contribution >= 4 is 29.4 Å². The molecule has 13 heteroatoms. The van der Waals surface area contributed by atoms with Crippen LogP contribution < -0.4 is 10.6 Å². The molecule has 1 heterocycles. The van der Waals surface area contributed by atoms with Gasteiger partial charge in [-0.2, -0.15) is 13.2 Å². The fourth-order valence-corrected chi connectivity index (χ4v) is 3.97. The Morgan fingerprint density at radius 3 is 1.95 bits per heavy atom. The summed E-state index contributed by atoms with van der Waals surface area (Å²) in [4.78, 5) is 51.8.